The standard InChI is InChI=1S/C16H26N2O4/c1-3-4-5-6-8-18-12-15(20)14(19)10-13(18)11-17(2)9-7-16(21)22/h10,12,20H,3-9,11H2,1-2H3,(H,21,22). The van der Waals surface area contributed by atoms with Gasteiger partial charge in [0.2, 0.25) is 5.43 Å². The zero-order valence-electron chi connectivity index (χ0n) is 13.4. The highest BCUT2D eigenvalue weighted by Crippen LogP contribution is 2.10. The lowest BCUT2D eigenvalue weighted by molar-refractivity contribution is -0.137. The molecule has 1 aromatic rings. The number of rotatable bonds is 10. The summed E-state index contributed by atoms with van der Waals surface area (Å²) in [5, 5.41) is 18.3. The number of carbonyl (C=O) groups is 1. The molecule has 0 radical (unpaired) electrons. The van der Waals surface area contributed by atoms with Crippen molar-refractivity contribution in [3.63, 3.8) is 0 Å². The Morgan fingerprint density at radius 2 is 2.05 bits per heavy atom. The summed E-state index contributed by atoms with van der Waals surface area (Å²) in [6.45, 7) is 3.79. The molecule has 0 atom stereocenters. The van der Waals surface area contributed by atoms with Crippen LogP contribution in [0.25, 0.3) is 0 Å². The van der Waals surface area contributed by atoms with Crippen LogP contribution in [0.1, 0.15) is 44.7 Å². The molecule has 0 aliphatic carbocycles. The smallest absolute Gasteiger partial charge is 0.304 e. The van der Waals surface area contributed by atoms with Gasteiger partial charge < -0.3 is 19.7 Å². The largest absolute Gasteiger partial charge is 0.503 e. The lowest BCUT2D eigenvalue weighted by Gasteiger charge is -2.20. The molecule has 0 aliphatic heterocycles. The Bertz CT molecular complexity index is 539. The van der Waals surface area contributed by atoms with Gasteiger partial charge in [0, 0.05) is 31.4 Å². The first-order chi connectivity index (χ1) is 10.4. The van der Waals surface area contributed by atoms with Crippen molar-refractivity contribution in [3.8, 4) is 5.75 Å². The second-order valence-corrected chi connectivity index (χ2v) is 5.65. The van der Waals surface area contributed by atoms with E-state index in [0.717, 1.165) is 31.5 Å². The van der Waals surface area contributed by atoms with Crippen molar-refractivity contribution in [1.29, 1.82) is 0 Å². The summed E-state index contributed by atoms with van der Waals surface area (Å²) >= 11 is 0. The molecule has 0 fully saturated rings. The van der Waals surface area contributed by atoms with Crippen molar-refractivity contribution in [3.05, 3.63) is 28.2 Å². The average Bonchev–Trinajstić information content (AvgIpc) is 2.46. The second-order valence-electron chi connectivity index (χ2n) is 5.65. The SMILES string of the molecule is CCCCCCn1cc(O)c(=O)cc1CN(C)CCC(=O)O. The Labute approximate surface area is 131 Å². The van der Waals surface area contributed by atoms with Gasteiger partial charge in [-0.05, 0) is 13.5 Å². The van der Waals surface area contributed by atoms with Crippen molar-refractivity contribution in [2.45, 2.75) is 52.1 Å². The molecule has 0 aliphatic rings. The third kappa shape index (κ3) is 6.30. The molecule has 1 heterocycles. The van der Waals surface area contributed by atoms with Gasteiger partial charge in [-0.15, -0.1) is 0 Å². The van der Waals surface area contributed by atoms with Crippen LogP contribution in [0.2, 0.25) is 0 Å². The minimum absolute atomic E-state index is 0.0648. The third-order valence-electron chi connectivity index (χ3n) is 3.59. The third-order valence-corrected chi connectivity index (χ3v) is 3.59. The van der Waals surface area contributed by atoms with Gasteiger partial charge in [0.25, 0.3) is 0 Å². The van der Waals surface area contributed by atoms with E-state index in [-0.39, 0.29) is 12.2 Å². The molecule has 6 nitrogen and oxygen atoms in total. The quantitative estimate of drug-likeness (QED) is 0.646. The maximum absolute atomic E-state index is 11.6. The van der Waals surface area contributed by atoms with Crippen LogP contribution in [0.5, 0.6) is 5.75 Å². The van der Waals surface area contributed by atoms with E-state index in [1.54, 1.807) is 0 Å². The predicted octanol–water partition coefficient (Wildman–Crippen LogP) is 2.04. The molecule has 0 amide bonds. The van der Waals surface area contributed by atoms with E-state index in [9.17, 15) is 14.7 Å². The maximum atomic E-state index is 11.6. The van der Waals surface area contributed by atoms with Gasteiger partial charge in [-0.1, -0.05) is 26.2 Å². The van der Waals surface area contributed by atoms with E-state index >= 15 is 0 Å². The fourth-order valence-electron chi connectivity index (χ4n) is 2.30. The summed E-state index contributed by atoms with van der Waals surface area (Å²) in [6, 6.07) is 1.44. The Kier molecular flexibility index (Phi) is 7.66. The highest BCUT2D eigenvalue weighted by Gasteiger charge is 2.09. The zero-order valence-corrected chi connectivity index (χ0v) is 13.4. The minimum Gasteiger partial charge on any atom is -0.503 e. The lowest BCUT2D eigenvalue weighted by Crippen LogP contribution is -2.25. The molecule has 2 N–H and O–H groups in total. The van der Waals surface area contributed by atoms with Crippen LogP contribution in [0.3, 0.4) is 0 Å². The Hall–Kier alpha value is -1.82. The van der Waals surface area contributed by atoms with E-state index in [2.05, 4.69) is 6.92 Å². The van der Waals surface area contributed by atoms with Crippen molar-refractivity contribution in [1.82, 2.24) is 9.47 Å². The van der Waals surface area contributed by atoms with Gasteiger partial charge in [0.1, 0.15) is 0 Å². The average molecular weight is 310 g/mol. The van der Waals surface area contributed by atoms with Gasteiger partial charge in [0.05, 0.1) is 12.6 Å². The summed E-state index contributed by atoms with van der Waals surface area (Å²) in [7, 11) is 1.82. The van der Waals surface area contributed by atoms with E-state index in [1.165, 1.54) is 18.7 Å². The van der Waals surface area contributed by atoms with Crippen LogP contribution in [0.15, 0.2) is 17.1 Å². The zero-order chi connectivity index (χ0) is 16.5. The minimum atomic E-state index is -0.838. The number of hydrogen-bond acceptors (Lipinski definition) is 4. The van der Waals surface area contributed by atoms with Gasteiger partial charge in [-0.25, -0.2) is 0 Å². The topological polar surface area (TPSA) is 82.8 Å². The van der Waals surface area contributed by atoms with Gasteiger partial charge in [-0.3, -0.25) is 9.59 Å². The molecule has 0 saturated carbocycles. The molecule has 22 heavy (non-hydrogen) atoms. The molecule has 1 aromatic heterocycles. The van der Waals surface area contributed by atoms with Crippen molar-refractivity contribution >= 4 is 5.97 Å². The molecule has 1 rings (SSSR count). The highest BCUT2D eigenvalue weighted by atomic mass is 16.4. The Morgan fingerprint density at radius 1 is 1.32 bits per heavy atom. The summed E-state index contributed by atoms with van der Waals surface area (Å²) < 4.78 is 1.89. The number of carboxylic acid groups (broad SMARTS) is 1. The van der Waals surface area contributed by atoms with E-state index < -0.39 is 11.4 Å². The number of pyridine rings is 1. The fourth-order valence-corrected chi connectivity index (χ4v) is 2.30. The molecule has 0 saturated heterocycles. The summed E-state index contributed by atoms with van der Waals surface area (Å²) in [5.41, 5.74) is 0.402. The molecule has 0 unspecified atom stereocenters. The van der Waals surface area contributed by atoms with Crippen LogP contribution in [-0.4, -0.2) is 39.2 Å². The van der Waals surface area contributed by atoms with Crippen molar-refractivity contribution < 1.29 is 15.0 Å². The lowest BCUT2D eigenvalue weighted by atomic mass is 10.2. The molecular formula is C16H26N2O4. The van der Waals surface area contributed by atoms with Crippen LogP contribution < -0.4 is 5.43 Å². The van der Waals surface area contributed by atoms with Crippen LogP contribution >= 0.6 is 0 Å². The predicted molar refractivity (Wildman–Crippen MR) is 85.1 cm³/mol. The fraction of sp³-hybridized carbons (Fsp3) is 0.625. The number of hydrogen-bond donors (Lipinski definition) is 2. The second kappa shape index (κ2) is 9.25. The number of aryl methyl sites for hydroxylation is 1. The highest BCUT2D eigenvalue weighted by molar-refractivity contribution is 5.66. The van der Waals surface area contributed by atoms with Crippen molar-refractivity contribution in [2.75, 3.05) is 13.6 Å². The number of unbranched alkanes of at least 4 members (excludes halogenated alkanes) is 3. The van der Waals surface area contributed by atoms with Gasteiger partial charge in [-0.2, -0.15) is 0 Å². The Balaban J connectivity index is 2.75. The number of carboxylic acids is 1. The Morgan fingerprint density at radius 3 is 2.68 bits per heavy atom. The number of aromatic hydroxyl groups is 1. The van der Waals surface area contributed by atoms with Gasteiger partial charge >= 0.3 is 5.97 Å². The number of aromatic nitrogens is 1. The molecular weight excluding hydrogens is 284 g/mol. The first-order valence-corrected chi connectivity index (χ1v) is 7.76. The summed E-state index contributed by atoms with van der Waals surface area (Å²) in [6.07, 6.45) is 5.96. The molecule has 6 heteroatoms. The van der Waals surface area contributed by atoms with E-state index in [1.807, 2.05) is 16.5 Å². The summed E-state index contributed by atoms with van der Waals surface area (Å²) in [4.78, 5) is 24.1. The van der Waals surface area contributed by atoms with E-state index in [0.29, 0.717) is 13.1 Å². The van der Waals surface area contributed by atoms with Crippen LogP contribution in [-0.2, 0) is 17.9 Å². The normalized spacial score (nSPS) is 11.0. The molecule has 0 spiro atoms. The number of nitrogens with zero attached hydrogens (tertiary/aromatic N) is 2. The molecule has 0 aromatic carbocycles. The van der Waals surface area contributed by atoms with E-state index in [4.69, 9.17) is 5.11 Å². The van der Waals surface area contributed by atoms with Crippen LogP contribution in [0.4, 0.5) is 0 Å². The van der Waals surface area contributed by atoms with Crippen molar-refractivity contribution in [2.24, 2.45) is 0 Å². The van der Waals surface area contributed by atoms with Crippen LogP contribution in [0, 0.1) is 0 Å². The molecule has 124 valence electrons. The number of aliphatic carboxylic acids is 1. The molecule has 0 bridgehead atoms. The first-order valence-electron chi connectivity index (χ1n) is 7.76. The summed E-state index contributed by atoms with van der Waals surface area (Å²) in [5.74, 6) is -1.08. The first kappa shape index (κ1) is 18.2. The monoisotopic (exact) mass is 310 g/mol. The van der Waals surface area contributed by atoms with Gasteiger partial charge in [0.15, 0.2) is 5.75 Å². The maximum Gasteiger partial charge on any atom is 0.304 e.